The zero-order chi connectivity index (χ0) is 20.2. The van der Waals surface area contributed by atoms with Gasteiger partial charge in [-0.1, -0.05) is 84.3 Å². The third-order valence-electron chi connectivity index (χ3n) is 5.06. The first-order valence-corrected chi connectivity index (χ1v) is 9.96. The normalized spacial score (nSPS) is 10.1. The molecular formula is C30H18. The Morgan fingerprint density at radius 1 is 0.367 bits per heavy atom. The van der Waals surface area contributed by atoms with E-state index in [-0.39, 0.29) is 0 Å². The molecule has 0 bridgehead atoms. The van der Waals surface area contributed by atoms with Crippen LogP contribution in [0.25, 0.3) is 21.5 Å². The van der Waals surface area contributed by atoms with Gasteiger partial charge in [0, 0.05) is 22.3 Å². The van der Waals surface area contributed by atoms with Gasteiger partial charge in [0.05, 0.1) is 0 Å². The van der Waals surface area contributed by atoms with Gasteiger partial charge in [-0.2, -0.15) is 0 Å². The summed E-state index contributed by atoms with van der Waals surface area (Å²) in [5.41, 5.74) is 3.98. The van der Waals surface area contributed by atoms with Crippen molar-refractivity contribution in [1.82, 2.24) is 0 Å². The molecule has 5 aromatic rings. The Balaban J connectivity index is 1.69. The molecule has 0 aliphatic heterocycles. The van der Waals surface area contributed by atoms with E-state index in [1.165, 1.54) is 10.8 Å². The second-order valence-corrected chi connectivity index (χ2v) is 7.18. The Labute approximate surface area is 176 Å². The van der Waals surface area contributed by atoms with E-state index >= 15 is 0 Å². The van der Waals surface area contributed by atoms with Crippen molar-refractivity contribution < 1.29 is 0 Å². The van der Waals surface area contributed by atoms with Crippen LogP contribution in [0.5, 0.6) is 0 Å². The maximum atomic E-state index is 3.39. The summed E-state index contributed by atoms with van der Waals surface area (Å²) < 4.78 is 0. The number of rotatable bonds is 0. The second kappa shape index (κ2) is 8.00. The van der Waals surface area contributed by atoms with Crippen LogP contribution < -0.4 is 0 Å². The first kappa shape index (κ1) is 17.8. The van der Waals surface area contributed by atoms with Crippen LogP contribution in [0.15, 0.2) is 109 Å². The summed E-state index contributed by atoms with van der Waals surface area (Å²) in [4.78, 5) is 0. The minimum absolute atomic E-state index is 0.971. The highest BCUT2D eigenvalue weighted by Crippen LogP contribution is 2.26. The van der Waals surface area contributed by atoms with E-state index in [9.17, 15) is 0 Å². The Hall–Kier alpha value is -4.26. The fraction of sp³-hybridized carbons (Fsp3) is 0. The summed E-state index contributed by atoms with van der Waals surface area (Å²) in [5, 5.41) is 4.75. The standard InChI is InChI=1S/C30H18/c1-3-9-23(10-4-1)15-16-25-19-28(18-17-24-11-5-2-6-12-24)30-22-27-14-8-7-13-26(27)21-29(30)20-25/h1-14,19-22H. The third kappa shape index (κ3) is 3.81. The fourth-order valence-electron chi connectivity index (χ4n) is 3.56. The molecule has 0 N–H and O–H groups in total. The van der Waals surface area contributed by atoms with Crippen molar-refractivity contribution in [2.45, 2.75) is 0 Å². The highest BCUT2D eigenvalue weighted by Gasteiger charge is 2.04. The lowest BCUT2D eigenvalue weighted by molar-refractivity contribution is 1.62. The van der Waals surface area contributed by atoms with Crippen LogP contribution in [0.2, 0.25) is 0 Å². The van der Waals surface area contributed by atoms with E-state index in [2.05, 4.69) is 72.2 Å². The van der Waals surface area contributed by atoms with Gasteiger partial charge in [-0.15, -0.1) is 0 Å². The first-order valence-electron chi connectivity index (χ1n) is 9.96. The van der Waals surface area contributed by atoms with E-state index in [0.717, 1.165) is 33.0 Å². The summed E-state index contributed by atoms with van der Waals surface area (Å²) >= 11 is 0. The second-order valence-electron chi connectivity index (χ2n) is 7.18. The maximum absolute atomic E-state index is 3.39. The Morgan fingerprint density at radius 3 is 1.57 bits per heavy atom. The summed E-state index contributed by atoms with van der Waals surface area (Å²) in [6, 6.07) is 37.3. The quantitative estimate of drug-likeness (QED) is 0.205. The van der Waals surface area contributed by atoms with Crippen molar-refractivity contribution in [3.63, 3.8) is 0 Å². The molecule has 0 saturated heterocycles. The third-order valence-corrected chi connectivity index (χ3v) is 5.06. The van der Waals surface area contributed by atoms with Crippen LogP contribution in [-0.2, 0) is 0 Å². The molecule has 0 aromatic heterocycles. The molecule has 0 heterocycles. The summed E-state index contributed by atoms with van der Waals surface area (Å²) in [5.74, 6) is 13.3. The van der Waals surface area contributed by atoms with Crippen LogP contribution >= 0.6 is 0 Å². The van der Waals surface area contributed by atoms with Gasteiger partial charge >= 0.3 is 0 Å². The smallest absolute Gasteiger partial charge is 0.0340 e. The van der Waals surface area contributed by atoms with Crippen LogP contribution in [0.3, 0.4) is 0 Å². The highest BCUT2D eigenvalue weighted by molar-refractivity contribution is 6.01. The van der Waals surface area contributed by atoms with Crippen molar-refractivity contribution in [2.24, 2.45) is 0 Å². The van der Waals surface area contributed by atoms with Crippen molar-refractivity contribution in [2.75, 3.05) is 0 Å². The predicted octanol–water partition coefficient (Wildman–Crippen LogP) is 6.79. The highest BCUT2D eigenvalue weighted by atomic mass is 14.1. The summed E-state index contributed by atoms with van der Waals surface area (Å²) in [6.07, 6.45) is 0. The number of fused-ring (bicyclic) bond motifs is 2. The van der Waals surface area contributed by atoms with E-state index in [4.69, 9.17) is 0 Å². The van der Waals surface area contributed by atoms with Gasteiger partial charge < -0.3 is 0 Å². The predicted molar refractivity (Wildman–Crippen MR) is 126 cm³/mol. The molecule has 0 fully saturated rings. The molecule has 0 aliphatic carbocycles. The Bertz CT molecular complexity index is 1470. The van der Waals surface area contributed by atoms with Crippen LogP contribution in [0.4, 0.5) is 0 Å². The Kier molecular flexibility index (Phi) is 4.75. The molecule has 0 heteroatoms. The van der Waals surface area contributed by atoms with Gasteiger partial charge in [-0.05, 0) is 70.1 Å². The molecule has 0 spiro atoms. The lowest BCUT2D eigenvalue weighted by Gasteiger charge is -2.06. The summed E-state index contributed by atoms with van der Waals surface area (Å²) in [6.45, 7) is 0. The van der Waals surface area contributed by atoms with Crippen molar-refractivity contribution in [3.8, 4) is 23.7 Å². The van der Waals surface area contributed by atoms with Gasteiger partial charge in [0.15, 0.2) is 0 Å². The van der Waals surface area contributed by atoms with Gasteiger partial charge in [0.1, 0.15) is 0 Å². The topological polar surface area (TPSA) is 0 Å². The molecule has 0 radical (unpaired) electrons. The molecule has 0 aliphatic rings. The molecular weight excluding hydrogens is 360 g/mol. The zero-order valence-corrected chi connectivity index (χ0v) is 16.4. The maximum Gasteiger partial charge on any atom is 0.0340 e. The van der Waals surface area contributed by atoms with Crippen molar-refractivity contribution >= 4 is 21.5 Å². The molecule has 0 nitrogen and oxygen atoms in total. The molecule has 0 saturated carbocycles. The Morgan fingerprint density at radius 2 is 0.900 bits per heavy atom. The minimum Gasteiger partial charge on any atom is -0.0622 e. The van der Waals surface area contributed by atoms with Gasteiger partial charge in [-0.3, -0.25) is 0 Å². The lowest BCUT2D eigenvalue weighted by atomic mass is 9.97. The molecule has 138 valence electrons. The van der Waals surface area contributed by atoms with Crippen molar-refractivity contribution in [1.29, 1.82) is 0 Å². The molecule has 0 amide bonds. The lowest BCUT2D eigenvalue weighted by Crippen LogP contribution is -1.86. The minimum atomic E-state index is 0.971. The fourth-order valence-corrected chi connectivity index (χ4v) is 3.56. The number of benzene rings is 5. The summed E-state index contributed by atoms with van der Waals surface area (Å²) in [7, 11) is 0. The van der Waals surface area contributed by atoms with Gasteiger partial charge in [0.2, 0.25) is 0 Å². The van der Waals surface area contributed by atoms with Crippen LogP contribution in [0.1, 0.15) is 22.3 Å². The zero-order valence-electron chi connectivity index (χ0n) is 16.4. The average molecular weight is 378 g/mol. The van der Waals surface area contributed by atoms with E-state index in [1.807, 2.05) is 60.7 Å². The number of hydrogen-bond donors (Lipinski definition) is 0. The molecule has 5 rings (SSSR count). The van der Waals surface area contributed by atoms with Crippen LogP contribution in [0, 0.1) is 23.7 Å². The van der Waals surface area contributed by atoms with Crippen molar-refractivity contribution in [3.05, 3.63) is 131 Å². The van der Waals surface area contributed by atoms with E-state index in [0.29, 0.717) is 0 Å². The molecule has 5 aromatic carbocycles. The average Bonchev–Trinajstić information content (AvgIpc) is 2.81. The monoisotopic (exact) mass is 378 g/mol. The first-order chi connectivity index (χ1) is 14.8. The van der Waals surface area contributed by atoms with Gasteiger partial charge in [-0.25, -0.2) is 0 Å². The van der Waals surface area contributed by atoms with E-state index < -0.39 is 0 Å². The molecule has 0 atom stereocenters. The van der Waals surface area contributed by atoms with Gasteiger partial charge in [0.25, 0.3) is 0 Å². The largest absolute Gasteiger partial charge is 0.0622 e. The molecule has 30 heavy (non-hydrogen) atoms. The SMILES string of the molecule is C(#Cc1cc(C#Cc2ccccc2)c2cc3ccccc3cc2c1)c1ccccc1. The van der Waals surface area contributed by atoms with E-state index in [1.54, 1.807) is 0 Å². The molecule has 0 unspecified atom stereocenters. The number of hydrogen-bond acceptors (Lipinski definition) is 0. The van der Waals surface area contributed by atoms with Crippen LogP contribution in [-0.4, -0.2) is 0 Å².